The molecule has 128 valence electrons. The average Bonchev–Trinajstić information content (AvgIpc) is 2.86. The van der Waals surface area contributed by atoms with Crippen molar-refractivity contribution in [2.75, 3.05) is 0 Å². The van der Waals surface area contributed by atoms with Gasteiger partial charge in [-0.25, -0.2) is 0 Å². The summed E-state index contributed by atoms with van der Waals surface area (Å²) in [4.78, 5) is 29.2. The summed E-state index contributed by atoms with van der Waals surface area (Å²) < 4.78 is 0. The zero-order chi connectivity index (χ0) is 17.6. The molecule has 1 N–H and O–H groups in total. The van der Waals surface area contributed by atoms with Crippen molar-refractivity contribution in [3.63, 3.8) is 0 Å². The van der Waals surface area contributed by atoms with Crippen LogP contribution in [0.5, 0.6) is 0 Å². The number of aromatic nitrogens is 1. The minimum absolute atomic E-state index is 0.00886. The monoisotopic (exact) mass is 334 g/mol. The molecule has 0 aliphatic heterocycles. The van der Waals surface area contributed by atoms with Gasteiger partial charge in [0.05, 0.1) is 17.3 Å². The van der Waals surface area contributed by atoms with Gasteiger partial charge in [0.15, 0.2) is 5.78 Å². The van der Waals surface area contributed by atoms with Gasteiger partial charge in [-0.2, -0.15) is 0 Å². The lowest BCUT2D eigenvalue weighted by atomic mass is 9.86. The normalized spacial score (nSPS) is 20.7. The maximum atomic E-state index is 12.8. The molecule has 25 heavy (non-hydrogen) atoms. The standard InChI is InChI=1S/C21H22N2O2/c1-21(2)11-18(14-6-3-4-7-16(14)21)23-20(25)13-10-15-17(22-12-13)8-5-9-19(15)24/h3-4,6-7,10,12,18H,5,8-9,11H2,1-2H3,(H,23,25). The van der Waals surface area contributed by atoms with Gasteiger partial charge in [0.2, 0.25) is 0 Å². The van der Waals surface area contributed by atoms with E-state index < -0.39 is 0 Å². The fourth-order valence-corrected chi connectivity index (χ4v) is 4.13. The van der Waals surface area contributed by atoms with Crippen LogP contribution in [0.1, 0.15) is 76.7 Å². The first-order valence-corrected chi connectivity index (χ1v) is 8.88. The lowest BCUT2D eigenvalue weighted by Crippen LogP contribution is -2.29. The number of carbonyl (C=O) groups excluding carboxylic acids is 2. The van der Waals surface area contributed by atoms with E-state index in [2.05, 4.69) is 36.3 Å². The minimum Gasteiger partial charge on any atom is -0.345 e. The van der Waals surface area contributed by atoms with Crippen LogP contribution in [0.15, 0.2) is 36.5 Å². The summed E-state index contributed by atoms with van der Waals surface area (Å²) >= 11 is 0. The molecule has 1 heterocycles. The second-order valence-corrected chi connectivity index (χ2v) is 7.70. The Morgan fingerprint density at radius 3 is 2.88 bits per heavy atom. The molecule has 1 aromatic carbocycles. The SMILES string of the molecule is CC1(C)CC(NC(=O)c2cnc3c(c2)C(=O)CCC3)c2ccccc21. The van der Waals surface area contributed by atoms with Gasteiger partial charge in [-0.15, -0.1) is 0 Å². The highest BCUT2D eigenvalue weighted by molar-refractivity contribution is 6.01. The Labute approximate surface area is 147 Å². The summed E-state index contributed by atoms with van der Waals surface area (Å²) in [6.07, 6.45) is 4.67. The van der Waals surface area contributed by atoms with Crippen molar-refractivity contribution >= 4 is 11.7 Å². The Morgan fingerprint density at radius 2 is 2.04 bits per heavy atom. The molecule has 0 fully saturated rings. The summed E-state index contributed by atoms with van der Waals surface area (Å²) in [5, 5.41) is 3.14. The number of ketones is 1. The fourth-order valence-electron chi connectivity index (χ4n) is 4.13. The highest BCUT2D eigenvalue weighted by Crippen LogP contribution is 2.44. The maximum Gasteiger partial charge on any atom is 0.253 e. The molecule has 2 aliphatic carbocycles. The quantitative estimate of drug-likeness (QED) is 0.910. The molecule has 0 spiro atoms. The number of aryl methyl sites for hydroxylation is 1. The van der Waals surface area contributed by atoms with E-state index in [1.807, 2.05) is 12.1 Å². The number of fused-ring (bicyclic) bond motifs is 2. The molecule has 2 aliphatic rings. The molecule has 2 aromatic rings. The molecular formula is C21H22N2O2. The van der Waals surface area contributed by atoms with E-state index in [0.29, 0.717) is 17.5 Å². The van der Waals surface area contributed by atoms with Crippen LogP contribution in [0.2, 0.25) is 0 Å². The molecule has 1 amide bonds. The topological polar surface area (TPSA) is 59.1 Å². The first-order chi connectivity index (χ1) is 12.0. The number of hydrogen-bond acceptors (Lipinski definition) is 3. The Hall–Kier alpha value is -2.49. The van der Waals surface area contributed by atoms with E-state index in [0.717, 1.165) is 25.0 Å². The molecule has 4 rings (SSSR count). The second kappa shape index (κ2) is 5.80. The van der Waals surface area contributed by atoms with Gasteiger partial charge >= 0.3 is 0 Å². The first kappa shape index (κ1) is 16.0. The van der Waals surface area contributed by atoms with Gasteiger partial charge < -0.3 is 5.32 Å². The molecule has 1 aromatic heterocycles. The van der Waals surface area contributed by atoms with Crippen LogP contribution in [0.25, 0.3) is 0 Å². The van der Waals surface area contributed by atoms with E-state index in [4.69, 9.17) is 0 Å². The third-order valence-corrected chi connectivity index (χ3v) is 5.44. The number of benzene rings is 1. The zero-order valence-corrected chi connectivity index (χ0v) is 14.6. The summed E-state index contributed by atoms with van der Waals surface area (Å²) in [6.45, 7) is 4.41. The number of hydrogen-bond donors (Lipinski definition) is 1. The average molecular weight is 334 g/mol. The molecule has 4 nitrogen and oxygen atoms in total. The third kappa shape index (κ3) is 2.76. The highest BCUT2D eigenvalue weighted by Gasteiger charge is 2.37. The zero-order valence-electron chi connectivity index (χ0n) is 14.6. The molecule has 0 radical (unpaired) electrons. The van der Waals surface area contributed by atoms with E-state index >= 15 is 0 Å². The van der Waals surface area contributed by atoms with E-state index in [-0.39, 0.29) is 23.1 Å². The molecule has 0 bridgehead atoms. The van der Waals surface area contributed by atoms with Crippen molar-refractivity contribution in [2.45, 2.75) is 51.0 Å². The molecular weight excluding hydrogens is 312 g/mol. The Bertz CT molecular complexity index is 870. The van der Waals surface area contributed by atoms with Crippen LogP contribution in [0, 0.1) is 0 Å². The number of carbonyl (C=O) groups is 2. The summed E-state index contributed by atoms with van der Waals surface area (Å²) in [5.74, 6) is -0.0677. The van der Waals surface area contributed by atoms with Crippen LogP contribution in [0.4, 0.5) is 0 Å². The predicted molar refractivity (Wildman–Crippen MR) is 95.8 cm³/mol. The number of nitrogens with one attached hydrogen (secondary N) is 1. The summed E-state index contributed by atoms with van der Waals surface area (Å²) in [5.41, 5.74) is 4.42. The van der Waals surface area contributed by atoms with Gasteiger partial charge in [-0.1, -0.05) is 38.1 Å². The van der Waals surface area contributed by atoms with E-state index in [1.54, 1.807) is 12.3 Å². The fraction of sp³-hybridized carbons (Fsp3) is 0.381. The van der Waals surface area contributed by atoms with Gasteiger partial charge in [0.1, 0.15) is 0 Å². The van der Waals surface area contributed by atoms with Crippen LogP contribution in [-0.2, 0) is 11.8 Å². The molecule has 1 atom stereocenters. The maximum absolute atomic E-state index is 12.8. The summed E-state index contributed by atoms with van der Waals surface area (Å²) in [7, 11) is 0. The van der Waals surface area contributed by atoms with Crippen LogP contribution in [0.3, 0.4) is 0 Å². The van der Waals surface area contributed by atoms with Crippen molar-refractivity contribution in [3.8, 4) is 0 Å². The Kier molecular flexibility index (Phi) is 3.71. The Balaban J connectivity index is 1.59. The van der Waals surface area contributed by atoms with Crippen molar-refractivity contribution in [1.29, 1.82) is 0 Å². The minimum atomic E-state index is -0.161. The number of nitrogens with zero attached hydrogens (tertiary/aromatic N) is 1. The van der Waals surface area contributed by atoms with Crippen molar-refractivity contribution in [2.24, 2.45) is 0 Å². The Morgan fingerprint density at radius 1 is 1.24 bits per heavy atom. The smallest absolute Gasteiger partial charge is 0.253 e. The van der Waals surface area contributed by atoms with Crippen LogP contribution >= 0.6 is 0 Å². The molecule has 0 saturated heterocycles. The molecule has 4 heteroatoms. The van der Waals surface area contributed by atoms with Crippen molar-refractivity contribution in [3.05, 3.63) is 64.5 Å². The van der Waals surface area contributed by atoms with Crippen molar-refractivity contribution < 1.29 is 9.59 Å². The van der Waals surface area contributed by atoms with Gasteiger partial charge in [0.25, 0.3) is 5.91 Å². The number of Topliss-reactive ketones (excluding diaryl/α,β-unsaturated/α-hetero) is 1. The number of amides is 1. The second-order valence-electron chi connectivity index (χ2n) is 7.70. The number of pyridine rings is 1. The lowest BCUT2D eigenvalue weighted by Gasteiger charge is -2.20. The van der Waals surface area contributed by atoms with Gasteiger partial charge in [-0.05, 0) is 41.9 Å². The number of rotatable bonds is 2. The first-order valence-electron chi connectivity index (χ1n) is 8.88. The summed E-state index contributed by atoms with van der Waals surface area (Å²) in [6, 6.07) is 9.99. The largest absolute Gasteiger partial charge is 0.345 e. The van der Waals surface area contributed by atoms with Gasteiger partial charge in [0, 0.05) is 18.2 Å². The lowest BCUT2D eigenvalue weighted by molar-refractivity contribution is 0.0934. The molecule has 0 saturated carbocycles. The third-order valence-electron chi connectivity index (χ3n) is 5.44. The van der Waals surface area contributed by atoms with Crippen LogP contribution in [-0.4, -0.2) is 16.7 Å². The predicted octanol–water partition coefficient (Wildman–Crippen LogP) is 3.75. The highest BCUT2D eigenvalue weighted by atomic mass is 16.1. The van der Waals surface area contributed by atoms with Crippen LogP contribution < -0.4 is 5.32 Å². The van der Waals surface area contributed by atoms with Gasteiger partial charge in [-0.3, -0.25) is 14.6 Å². The molecule has 1 unspecified atom stereocenters. The van der Waals surface area contributed by atoms with E-state index in [1.165, 1.54) is 11.1 Å². The van der Waals surface area contributed by atoms with Crippen molar-refractivity contribution in [1.82, 2.24) is 10.3 Å². The van der Waals surface area contributed by atoms with E-state index in [9.17, 15) is 9.59 Å².